The average molecular weight is 374 g/mol. The van der Waals surface area contributed by atoms with Crippen LogP contribution in [0.5, 0.6) is 0 Å². The molecule has 0 amide bonds. The molecular weight excluding hydrogens is 344 g/mol. The van der Waals surface area contributed by atoms with Crippen molar-refractivity contribution in [3.8, 4) is 0 Å². The van der Waals surface area contributed by atoms with Gasteiger partial charge in [0.05, 0.1) is 0 Å². The summed E-state index contributed by atoms with van der Waals surface area (Å²) in [5.41, 5.74) is 1.17. The number of allylic oxidation sites excluding steroid dienone is 1. The smallest absolute Gasteiger partial charge is 0.327 e. The van der Waals surface area contributed by atoms with Crippen molar-refractivity contribution in [1.82, 2.24) is 19.8 Å². The second-order valence-corrected chi connectivity index (χ2v) is 8.00. The summed E-state index contributed by atoms with van der Waals surface area (Å²) in [6, 6.07) is 1.00. The van der Waals surface area contributed by atoms with Gasteiger partial charge in [-0.1, -0.05) is 11.6 Å². The summed E-state index contributed by atoms with van der Waals surface area (Å²) in [7, 11) is 1.74. The van der Waals surface area contributed by atoms with Crippen LogP contribution in [0.3, 0.4) is 0 Å². The first-order valence-corrected chi connectivity index (χ1v) is 9.93. The number of aromatic amines is 1. The third-order valence-corrected chi connectivity index (χ3v) is 6.16. The van der Waals surface area contributed by atoms with Crippen molar-refractivity contribution < 1.29 is 0 Å². The number of nitrogens with one attached hydrogen (secondary N) is 2. The van der Waals surface area contributed by atoms with Crippen LogP contribution in [0.25, 0.3) is 0 Å². The molecule has 0 saturated carbocycles. The fourth-order valence-corrected chi connectivity index (χ4v) is 4.90. The Hall–Kier alpha value is -2.06. The SMILES string of the molecule is CCN1c2c(c(=O)[nH]c(=O)n2C)N(CC=C(C)C)C1N1CCC2NCCC21. The van der Waals surface area contributed by atoms with E-state index < -0.39 is 0 Å². The fraction of sp³-hybridized carbons (Fsp3) is 0.684. The number of hydrogen-bond acceptors (Lipinski definition) is 6. The Balaban J connectivity index is 1.84. The molecule has 4 heterocycles. The van der Waals surface area contributed by atoms with Crippen LogP contribution in [-0.4, -0.2) is 59.0 Å². The lowest BCUT2D eigenvalue weighted by Crippen LogP contribution is -2.58. The molecule has 3 unspecified atom stereocenters. The number of nitrogens with zero attached hydrogens (tertiary/aromatic N) is 4. The minimum absolute atomic E-state index is 0.0374. The molecule has 3 aliphatic rings. The van der Waals surface area contributed by atoms with Crippen LogP contribution in [0.15, 0.2) is 21.2 Å². The van der Waals surface area contributed by atoms with Gasteiger partial charge in [-0.15, -0.1) is 0 Å². The van der Waals surface area contributed by atoms with Gasteiger partial charge < -0.3 is 15.1 Å². The van der Waals surface area contributed by atoms with Gasteiger partial charge in [-0.2, -0.15) is 0 Å². The highest BCUT2D eigenvalue weighted by molar-refractivity contribution is 5.73. The highest BCUT2D eigenvalue weighted by atomic mass is 16.2. The fourth-order valence-electron chi connectivity index (χ4n) is 4.90. The maximum atomic E-state index is 12.8. The van der Waals surface area contributed by atoms with Crippen molar-refractivity contribution in [1.29, 1.82) is 0 Å². The Labute approximate surface area is 159 Å². The lowest BCUT2D eigenvalue weighted by Gasteiger charge is -2.40. The van der Waals surface area contributed by atoms with Crippen molar-refractivity contribution in [3.05, 3.63) is 32.5 Å². The van der Waals surface area contributed by atoms with E-state index >= 15 is 0 Å². The summed E-state index contributed by atoms with van der Waals surface area (Å²) >= 11 is 0. The predicted octanol–water partition coefficient (Wildman–Crippen LogP) is 0.406. The second-order valence-electron chi connectivity index (χ2n) is 8.00. The van der Waals surface area contributed by atoms with E-state index in [2.05, 4.69) is 51.8 Å². The molecule has 148 valence electrons. The number of aromatic nitrogens is 2. The highest BCUT2D eigenvalue weighted by Crippen LogP contribution is 2.40. The minimum atomic E-state index is -0.359. The normalized spacial score (nSPS) is 27.2. The maximum Gasteiger partial charge on any atom is 0.329 e. The van der Waals surface area contributed by atoms with E-state index in [0.717, 1.165) is 38.3 Å². The minimum Gasteiger partial charge on any atom is -0.327 e. The van der Waals surface area contributed by atoms with Crippen LogP contribution in [0, 0.1) is 0 Å². The first-order chi connectivity index (χ1) is 12.9. The second kappa shape index (κ2) is 6.83. The molecule has 2 N–H and O–H groups in total. The van der Waals surface area contributed by atoms with Crippen LogP contribution in [0.2, 0.25) is 0 Å². The van der Waals surface area contributed by atoms with Gasteiger partial charge >= 0.3 is 5.69 Å². The van der Waals surface area contributed by atoms with Crippen LogP contribution >= 0.6 is 0 Å². The molecule has 0 radical (unpaired) electrons. The Morgan fingerprint density at radius 2 is 2.00 bits per heavy atom. The van der Waals surface area contributed by atoms with Gasteiger partial charge in [0, 0.05) is 38.8 Å². The zero-order chi connectivity index (χ0) is 19.3. The van der Waals surface area contributed by atoms with E-state index in [1.807, 2.05) is 0 Å². The maximum absolute atomic E-state index is 12.8. The van der Waals surface area contributed by atoms with Gasteiger partial charge in [0.25, 0.3) is 5.56 Å². The molecule has 1 aromatic heterocycles. The van der Waals surface area contributed by atoms with Gasteiger partial charge in [0.1, 0.15) is 11.5 Å². The largest absolute Gasteiger partial charge is 0.329 e. The lowest BCUT2D eigenvalue weighted by atomic mass is 10.1. The molecule has 2 fully saturated rings. The first kappa shape index (κ1) is 18.3. The van der Waals surface area contributed by atoms with Crippen LogP contribution in [0.4, 0.5) is 11.5 Å². The Bertz CT molecular complexity index is 868. The molecule has 3 aliphatic heterocycles. The molecule has 2 saturated heterocycles. The number of hydrogen-bond donors (Lipinski definition) is 2. The van der Waals surface area contributed by atoms with E-state index in [0.29, 0.717) is 24.3 Å². The summed E-state index contributed by atoms with van der Waals surface area (Å²) in [4.78, 5) is 34.5. The van der Waals surface area contributed by atoms with Gasteiger partial charge in [-0.3, -0.25) is 19.2 Å². The van der Waals surface area contributed by atoms with Gasteiger partial charge in [0.15, 0.2) is 6.29 Å². The molecule has 4 rings (SSSR count). The third kappa shape index (κ3) is 2.82. The molecule has 8 nitrogen and oxygen atoms in total. The summed E-state index contributed by atoms with van der Waals surface area (Å²) in [5, 5.41) is 3.61. The molecule has 1 aromatic rings. The quantitative estimate of drug-likeness (QED) is 0.744. The summed E-state index contributed by atoms with van der Waals surface area (Å²) in [5.74, 6) is 0.729. The third-order valence-electron chi connectivity index (χ3n) is 6.16. The van der Waals surface area contributed by atoms with Crippen LogP contribution in [0.1, 0.15) is 33.6 Å². The van der Waals surface area contributed by atoms with Crippen molar-refractivity contribution >= 4 is 11.5 Å². The van der Waals surface area contributed by atoms with Gasteiger partial charge in [-0.05, 0) is 40.2 Å². The number of fused-ring (bicyclic) bond motifs is 2. The Morgan fingerprint density at radius 1 is 1.22 bits per heavy atom. The molecule has 27 heavy (non-hydrogen) atoms. The Kier molecular flexibility index (Phi) is 4.63. The van der Waals surface area contributed by atoms with E-state index in [9.17, 15) is 9.59 Å². The molecular formula is C19H30N6O2. The first-order valence-electron chi connectivity index (χ1n) is 9.93. The lowest BCUT2D eigenvalue weighted by molar-refractivity contribution is 0.175. The molecule has 0 aliphatic carbocycles. The molecule has 0 spiro atoms. The Morgan fingerprint density at radius 3 is 2.70 bits per heavy atom. The predicted molar refractivity (Wildman–Crippen MR) is 107 cm³/mol. The summed E-state index contributed by atoms with van der Waals surface area (Å²) in [6.07, 6.45) is 4.37. The molecule has 3 atom stereocenters. The van der Waals surface area contributed by atoms with Crippen molar-refractivity contribution in [3.63, 3.8) is 0 Å². The van der Waals surface area contributed by atoms with Crippen LogP contribution < -0.4 is 26.4 Å². The summed E-state index contributed by atoms with van der Waals surface area (Å²) < 4.78 is 1.58. The van der Waals surface area contributed by atoms with Gasteiger partial charge in [-0.25, -0.2) is 4.79 Å². The van der Waals surface area contributed by atoms with Crippen molar-refractivity contribution in [2.75, 3.05) is 36.0 Å². The van der Waals surface area contributed by atoms with E-state index in [1.54, 1.807) is 11.6 Å². The number of H-pyrrole nitrogens is 1. The molecule has 0 bridgehead atoms. The van der Waals surface area contributed by atoms with Crippen molar-refractivity contribution in [2.24, 2.45) is 7.05 Å². The highest BCUT2D eigenvalue weighted by Gasteiger charge is 2.48. The van der Waals surface area contributed by atoms with E-state index in [4.69, 9.17) is 0 Å². The van der Waals surface area contributed by atoms with Gasteiger partial charge in [0.2, 0.25) is 0 Å². The van der Waals surface area contributed by atoms with Crippen LogP contribution in [-0.2, 0) is 7.05 Å². The monoisotopic (exact) mass is 374 g/mol. The number of rotatable bonds is 4. The van der Waals surface area contributed by atoms with E-state index in [-0.39, 0.29) is 17.5 Å². The zero-order valence-corrected chi connectivity index (χ0v) is 16.7. The average Bonchev–Trinajstić information content (AvgIpc) is 3.30. The summed E-state index contributed by atoms with van der Waals surface area (Å²) in [6.45, 7) is 9.66. The standard InChI is InChI=1S/C19H30N6O2/c1-5-23-17-15(16(26)21-18(27)22(17)4)25(10-7-12(2)3)19(23)24-11-8-13-14(24)6-9-20-13/h7,13-14,19-20H,5-6,8-11H2,1-4H3,(H,21,26,27). The zero-order valence-electron chi connectivity index (χ0n) is 16.7. The van der Waals surface area contributed by atoms with Crippen molar-refractivity contribution in [2.45, 2.75) is 52.0 Å². The molecule has 8 heteroatoms. The molecule has 0 aromatic carbocycles. The number of anilines is 2. The number of likely N-dealkylation sites (tertiary alicyclic amines) is 1. The topological polar surface area (TPSA) is 76.6 Å². The van der Waals surface area contributed by atoms with E-state index in [1.165, 1.54) is 5.57 Å².